The quantitative estimate of drug-likeness (QED) is 0.526. The molecule has 1 N–H and O–H groups in total. The van der Waals surface area contributed by atoms with Gasteiger partial charge in [0.2, 0.25) is 0 Å². The molecule has 0 heterocycles. The summed E-state index contributed by atoms with van der Waals surface area (Å²) in [4.78, 5) is 23.2. The maximum atomic E-state index is 11.8. The second kappa shape index (κ2) is 7.30. The molecule has 0 aromatic rings. The van der Waals surface area contributed by atoms with Gasteiger partial charge in [0.25, 0.3) is 0 Å². The van der Waals surface area contributed by atoms with E-state index in [1.54, 1.807) is 13.8 Å². The minimum atomic E-state index is -1.36. The van der Waals surface area contributed by atoms with Crippen molar-refractivity contribution in [2.24, 2.45) is 11.3 Å². The molecule has 0 saturated carbocycles. The van der Waals surface area contributed by atoms with Crippen molar-refractivity contribution in [3.8, 4) is 0 Å². The Bertz CT molecular complexity index is 260. The van der Waals surface area contributed by atoms with Gasteiger partial charge in [-0.25, -0.2) is 0 Å². The summed E-state index contributed by atoms with van der Waals surface area (Å²) in [6, 6.07) is 0. The van der Waals surface area contributed by atoms with Crippen molar-refractivity contribution in [1.29, 1.82) is 0 Å². The fourth-order valence-electron chi connectivity index (χ4n) is 1.85. The number of carbonyl (C=O) groups excluding carboxylic acids is 1. The summed E-state index contributed by atoms with van der Waals surface area (Å²) < 4.78 is 4.90. The van der Waals surface area contributed by atoms with Gasteiger partial charge in [0, 0.05) is 0 Å². The summed E-state index contributed by atoms with van der Waals surface area (Å²) in [5, 5.41) is 9.29. The summed E-state index contributed by atoms with van der Waals surface area (Å²) in [6.45, 7) is 7.80. The van der Waals surface area contributed by atoms with Crippen molar-refractivity contribution in [1.82, 2.24) is 0 Å². The minimum Gasteiger partial charge on any atom is -0.480 e. The molecule has 0 aromatic heterocycles. The van der Waals surface area contributed by atoms with Crippen LogP contribution in [-0.4, -0.2) is 23.7 Å². The highest BCUT2D eigenvalue weighted by Gasteiger charge is 2.45. The van der Waals surface area contributed by atoms with Gasteiger partial charge >= 0.3 is 11.9 Å². The van der Waals surface area contributed by atoms with E-state index in [9.17, 15) is 14.7 Å². The Labute approximate surface area is 103 Å². The molecule has 0 aliphatic carbocycles. The third-order valence-electron chi connectivity index (χ3n) is 3.06. The highest BCUT2D eigenvalue weighted by atomic mass is 16.5. The van der Waals surface area contributed by atoms with Gasteiger partial charge in [-0.05, 0) is 25.7 Å². The number of hydrogen-bond acceptors (Lipinski definition) is 3. The fourth-order valence-corrected chi connectivity index (χ4v) is 1.85. The summed E-state index contributed by atoms with van der Waals surface area (Å²) in [6.07, 6.45) is 2.29. The van der Waals surface area contributed by atoms with Gasteiger partial charge in [0.15, 0.2) is 5.41 Å². The number of carboxylic acid groups (broad SMARTS) is 1. The largest absolute Gasteiger partial charge is 0.480 e. The Morgan fingerprint density at radius 3 is 2.24 bits per heavy atom. The average molecular weight is 244 g/mol. The van der Waals surface area contributed by atoms with Crippen LogP contribution in [0.25, 0.3) is 0 Å². The van der Waals surface area contributed by atoms with Gasteiger partial charge in [-0.15, -0.1) is 0 Å². The van der Waals surface area contributed by atoms with Crippen molar-refractivity contribution >= 4 is 11.9 Å². The van der Waals surface area contributed by atoms with Crippen molar-refractivity contribution in [2.45, 2.75) is 53.4 Å². The molecule has 0 rings (SSSR count). The Morgan fingerprint density at radius 1 is 1.29 bits per heavy atom. The van der Waals surface area contributed by atoms with Crippen LogP contribution >= 0.6 is 0 Å². The van der Waals surface area contributed by atoms with Crippen LogP contribution in [0.15, 0.2) is 0 Å². The molecule has 17 heavy (non-hydrogen) atoms. The standard InChI is InChI=1S/C13H24O4/c1-5-13(11(14)15,12(16)17-6-2)9-7-8-10(3)4/h10H,5-9H2,1-4H3,(H,14,15). The topological polar surface area (TPSA) is 63.6 Å². The van der Waals surface area contributed by atoms with Crippen molar-refractivity contribution in [2.75, 3.05) is 6.61 Å². The molecular formula is C13H24O4. The Balaban J connectivity index is 4.71. The number of carboxylic acids is 1. The third-order valence-corrected chi connectivity index (χ3v) is 3.06. The number of hydrogen-bond donors (Lipinski definition) is 1. The van der Waals surface area contributed by atoms with Gasteiger partial charge in [0.05, 0.1) is 6.61 Å². The molecule has 100 valence electrons. The average Bonchev–Trinajstić information content (AvgIpc) is 2.24. The first kappa shape index (κ1) is 15.9. The third kappa shape index (κ3) is 4.36. The normalized spacial score (nSPS) is 14.4. The van der Waals surface area contributed by atoms with Gasteiger partial charge in [-0.1, -0.05) is 33.6 Å². The van der Waals surface area contributed by atoms with Crippen molar-refractivity contribution in [3.05, 3.63) is 0 Å². The number of rotatable bonds is 8. The lowest BCUT2D eigenvalue weighted by atomic mass is 9.79. The smallest absolute Gasteiger partial charge is 0.323 e. The molecule has 0 fully saturated rings. The second-order valence-electron chi connectivity index (χ2n) is 4.75. The zero-order valence-electron chi connectivity index (χ0n) is 11.3. The van der Waals surface area contributed by atoms with E-state index in [-0.39, 0.29) is 13.0 Å². The molecule has 4 heteroatoms. The van der Waals surface area contributed by atoms with Gasteiger partial charge in [-0.2, -0.15) is 0 Å². The van der Waals surface area contributed by atoms with Crippen LogP contribution in [0.1, 0.15) is 53.4 Å². The van der Waals surface area contributed by atoms with Crippen molar-refractivity contribution in [3.63, 3.8) is 0 Å². The summed E-state index contributed by atoms with van der Waals surface area (Å²) in [7, 11) is 0. The molecular weight excluding hydrogens is 220 g/mol. The maximum absolute atomic E-state index is 11.8. The molecule has 0 amide bonds. The van der Waals surface area contributed by atoms with Crippen LogP contribution in [0, 0.1) is 11.3 Å². The molecule has 1 atom stereocenters. The van der Waals surface area contributed by atoms with E-state index >= 15 is 0 Å². The van der Waals surface area contributed by atoms with Gasteiger partial charge < -0.3 is 9.84 Å². The summed E-state index contributed by atoms with van der Waals surface area (Å²) >= 11 is 0. The van der Waals surface area contributed by atoms with Gasteiger partial charge in [0.1, 0.15) is 0 Å². The Morgan fingerprint density at radius 2 is 1.88 bits per heavy atom. The van der Waals surface area contributed by atoms with Crippen molar-refractivity contribution < 1.29 is 19.4 Å². The summed E-state index contributed by atoms with van der Waals surface area (Å²) in [5.41, 5.74) is -1.36. The van der Waals surface area contributed by atoms with Crippen LogP contribution < -0.4 is 0 Å². The fraction of sp³-hybridized carbons (Fsp3) is 0.846. The predicted molar refractivity (Wildman–Crippen MR) is 65.7 cm³/mol. The number of ether oxygens (including phenoxy) is 1. The Kier molecular flexibility index (Phi) is 6.85. The second-order valence-corrected chi connectivity index (χ2v) is 4.75. The molecule has 0 saturated heterocycles. The lowest BCUT2D eigenvalue weighted by molar-refractivity contribution is -0.169. The van der Waals surface area contributed by atoms with E-state index < -0.39 is 17.4 Å². The highest BCUT2D eigenvalue weighted by Crippen LogP contribution is 2.31. The predicted octanol–water partition coefficient (Wildman–Crippen LogP) is 2.86. The molecule has 0 aliphatic rings. The van der Waals surface area contributed by atoms with Crippen LogP contribution in [0.5, 0.6) is 0 Å². The summed E-state index contributed by atoms with van der Waals surface area (Å²) in [5.74, 6) is -1.15. The molecule has 1 unspecified atom stereocenters. The maximum Gasteiger partial charge on any atom is 0.323 e. The van der Waals surface area contributed by atoms with Crippen LogP contribution in [0.4, 0.5) is 0 Å². The van der Waals surface area contributed by atoms with E-state index in [0.717, 1.165) is 12.8 Å². The SMILES string of the molecule is CCOC(=O)C(CC)(CCCC(C)C)C(=O)O. The van der Waals surface area contributed by atoms with Crippen LogP contribution in [0.2, 0.25) is 0 Å². The number of aliphatic carboxylic acids is 1. The monoisotopic (exact) mass is 244 g/mol. The van der Waals surface area contributed by atoms with E-state index in [1.165, 1.54) is 0 Å². The zero-order valence-corrected chi connectivity index (χ0v) is 11.3. The first-order valence-corrected chi connectivity index (χ1v) is 6.31. The lowest BCUT2D eigenvalue weighted by Crippen LogP contribution is -2.40. The molecule has 0 bridgehead atoms. The molecule has 4 nitrogen and oxygen atoms in total. The zero-order chi connectivity index (χ0) is 13.5. The number of carbonyl (C=O) groups is 2. The highest BCUT2D eigenvalue weighted by molar-refractivity contribution is 5.99. The Hall–Kier alpha value is -1.06. The van der Waals surface area contributed by atoms with E-state index in [0.29, 0.717) is 12.3 Å². The number of esters is 1. The first-order chi connectivity index (χ1) is 7.90. The van der Waals surface area contributed by atoms with E-state index in [2.05, 4.69) is 13.8 Å². The van der Waals surface area contributed by atoms with Crippen LogP contribution in [-0.2, 0) is 14.3 Å². The van der Waals surface area contributed by atoms with E-state index in [1.807, 2.05) is 0 Å². The molecule has 0 spiro atoms. The van der Waals surface area contributed by atoms with Gasteiger partial charge in [-0.3, -0.25) is 9.59 Å². The molecule has 0 aromatic carbocycles. The minimum absolute atomic E-state index is 0.220. The first-order valence-electron chi connectivity index (χ1n) is 6.31. The molecule has 0 aliphatic heterocycles. The molecule has 0 radical (unpaired) electrons. The van der Waals surface area contributed by atoms with E-state index in [4.69, 9.17) is 4.74 Å². The van der Waals surface area contributed by atoms with Crippen LogP contribution in [0.3, 0.4) is 0 Å². The lowest BCUT2D eigenvalue weighted by Gasteiger charge is -2.25.